The summed E-state index contributed by atoms with van der Waals surface area (Å²) >= 11 is 6.37. The molecule has 0 unspecified atom stereocenters. The maximum Gasteiger partial charge on any atom is 0.344 e. The second-order valence-electron chi connectivity index (χ2n) is 6.40. The minimum Gasteiger partial charge on any atom is -0.449 e. The van der Waals surface area contributed by atoms with E-state index in [1.54, 1.807) is 19.1 Å². The molecule has 1 aromatic heterocycles. The summed E-state index contributed by atoms with van der Waals surface area (Å²) in [6.07, 6.45) is -0.996. The van der Waals surface area contributed by atoms with Crippen LogP contribution in [0.25, 0.3) is 5.69 Å². The van der Waals surface area contributed by atoms with E-state index in [1.807, 2.05) is 49.4 Å². The average Bonchev–Trinajstić information content (AvgIpc) is 2.98. The molecular formula is C21H20ClN3O3. The number of rotatable bonds is 5. The Morgan fingerprint density at radius 3 is 2.36 bits per heavy atom. The number of aryl methyl sites for hydroxylation is 2. The number of aromatic nitrogens is 2. The number of carbonyl (C=O) groups excluding carboxylic acids is 2. The highest BCUT2D eigenvalue weighted by molar-refractivity contribution is 6.33. The number of nitrogens with one attached hydrogen (secondary N) is 1. The summed E-state index contributed by atoms with van der Waals surface area (Å²) < 4.78 is 6.78. The molecule has 6 nitrogen and oxygen atoms in total. The first-order chi connectivity index (χ1) is 13.4. The van der Waals surface area contributed by atoms with Crippen LogP contribution in [0.2, 0.25) is 5.15 Å². The highest BCUT2D eigenvalue weighted by atomic mass is 35.5. The lowest BCUT2D eigenvalue weighted by Crippen LogP contribution is -2.30. The lowest BCUT2D eigenvalue weighted by Gasteiger charge is -2.13. The number of amides is 1. The lowest BCUT2D eigenvalue weighted by atomic mass is 10.2. The fraction of sp³-hybridized carbons (Fsp3) is 0.190. The normalized spacial score (nSPS) is 11.7. The van der Waals surface area contributed by atoms with Crippen molar-refractivity contribution in [3.63, 3.8) is 0 Å². The van der Waals surface area contributed by atoms with E-state index in [1.165, 1.54) is 11.6 Å². The van der Waals surface area contributed by atoms with Crippen molar-refractivity contribution in [2.45, 2.75) is 26.9 Å². The van der Waals surface area contributed by atoms with Gasteiger partial charge in [0.25, 0.3) is 5.91 Å². The SMILES string of the molecule is Cc1ccc(NC(=O)[C@H](C)OC(=O)c2c(C)nn(-c3ccccc3)c2Cl)cc1. The van der Waals surface area contributed by atoms with Crippen LogP contribution in [0.1, 0.15) is 28.5 Å². The summed E-state index contributed by atoms with van der Waals surface area (Å²) in [6.45, 7) is 5.13. The standard InChI is InChI=1S/C21H20ClN3O3/c1-13-9-11-16(12-10-13)23-20(26)15(3)28-21(27)18-14(2)24-25(19(18)22)17-7-5-4-6-8-17/h4-12,15H,1-3H3,(H,23,26)/t15-/m0/s1. The molecule has 2 aromatic carbocycles. The second kappa shape index (κ2) is 8.27. The number of para-hydroxylation sites is 1. The molecule has 0 bridgehead atoms. The van der Waals surface area contributed by atoms with E-state index >= 15 is 0 Å². The second-order valence-corrected chi connectivity index (χ2v) is 6.76. The molecule has 28 heavy (non-hydrogen) atoms. The van der Waals surface area contributed by atoms with Crippen molar-refractivity contribution in [2.75, 3.05) is 5.32 Å². The van der Waals surface area contributed by atoms with E-state index in [4.69, 9.17) is 16.3 Å². The molecule has 0 aliphatic heterocycles. The molecule has 0 aliphatic rings. The van der Waals surface area contributed by atoms with Crippen LogP contribution in [0, 0.1) is 13.8 Å². The van der Waals surface area contributed by atoms with E-state index < -0.39 is 18.0 Å². The first-order valence-electron chi connectivity index (χ1n) is 8.76. The van der Waals surface area contributed by atoms with Crippen LogP contribution in [0.3, 0.4) is 0 Å². The zero-order valence-electron chi connectivity index (χ0n) is 15.8. The number of nitrogens with zero attached hydrogens (tertiary/aromatic N) is 2. The van der Waals surface area contributed by atoms with Crippen LogP contribution in [0.15, 0.2) is 54.6 Å². The van der Waals surface area contributed by atoms with Crippen molar-refractivity contribution < 1.29 is 14.3 Å². The molecule has 0 aliphatic carbocycles. The monoisotopic (exact) mass is 397 g/mol. The lowest BCUT2D eigenvalue weighted by molar-refractivity contribution is -0.123. The predicted octanol–water partition coefficient (Wildman–Crippen LogP) is 4.33. The first-order valence-corrected chi connectivity index (χ1v) is 9.13. The van der Waals surface area contributed by atoms with E-state index in [2.05, 4.69) is 10.4 Å². The summed E-state index contributed by atoms with van der Waals surface area (Å²) in [5.41, 5.74) is 2.99. The summed E-state index contributed by atoms with van der Waals surface area (Å²) in [5, 5.41) is 7.17. The molecule has 0 saturated carbocycles. The van der Waals surface area contributed by atoms with Crippen LogP contribution >= 0.6 is 11.6 Å². The number of anilines is 1. The third-order valence-electron chi connectivity index (χ3n) is 4.18. The Morgan fingerprint density at radius 2 is 1.71 bits per heavy atom. The van der Waals surface area contributed by atoms with Crippen LogP contribution in [0.5, 0.6) is 0 Å². The molecule has 0 fully saturated rings. The minimum atomic E-state index is -0.996. The van der Waals surface area contributed by atoms with Crippen LogP contribution in [-0.4, -0.2) is 27.8 Å². The highest BCUT2D eigenvalue weighted by Crippen LogP contribution is 2.24. The van der Waals surface area contributed by atoms with Gasteiger partial charge in [0.2, 0.25) is 0 Å². The van der Waals surface area contributed by atoms with Crippen molar-refractivity contribution in [1.29, 1.82) is 0 Å². The molecule has 7 heteroatoms. The molecule has 1 N–H and O–H groups in total. The fourth-order valence-corrected chi connectivity index (χ4v) is 2.97. The van der Waals surface area contributed by atoms with E-state index in [0.29, 0.717) is 11.4 Å². The third kappa shape index (κ3) is 4.23. The number of esters is 1. The number of hydrogen-bond donors (Lipinski definition) is 1. The number of ether oxygens (including phenoxy) is 1. The molecular weight excluding hydrogens is 378 g/mol. The van der Waals surface area contributed by atoms with E-state index in [0.717, 1.165) is 11.3 Å². The van der Waals surface area contributed by atoms with Gasteiger partial charge in [0.1, 0.15) is 10.7 Å². The van der Waals surface area contributed by atoms with Gasteiger partial charge in [-0.3, -0.25) is 4.79 Å². The van der Waals surface area contributed by atoms with Crippen LogP contribution < -0.4 is 5.32 Å². The molecule has 0 spiro atoms. The maximum absolute atomic E-state index is 12.6. The quantitative estimate of drug-likeness (QED) is 0.650. The van der Waals surface area contributed by atoms with Gasteiger partial charge in [-0.1, -0.05) is 47.5 Å². The summed E-state index contributed by atoms with van der Waals surface area (Å²) in [5.74, 6) is -1.13. The predicted molar refractivity (Wildman–Crippen MR) is 108 cm³/mol. The molecule has 1 heterocycles. The fourth-order valence-electron chi connectivity index (χ4n) is 2.63. The van der Waals surface area contributed by atoms with Gasteiger partial charge in [-0.05, 0) is 45.0 Å². The summed E-state index contributed by atoms with van der Waals surface area (Å²) in [4.78, 5) is 24.9. The number of carbonyl (C=O) groups is 2. The number of halogens is 1. The zero-order chi connectivity index (χ0) is 20.3. The molecule has 3 rings (SSSR count). The average molecular weight is 398 g/mol. The number of benzene rings is 2. The van der Waals surface area contributed by atoms with E-state index in [-0.39, 0.29) is 10.7 Å². The van der Waals surface area contributed by atoms with Gasteiger partial charge >= 0.3 is 5.97 Å². The maximum atomic E-state index is 12.6. The highest BCUT2D eigenvalue weighted by Gasteiger charge is 2.26. The Balaban J connectivity index is 1.73. The molecule has 0 saturated heterocycles. The minimum absolute atomic E-state index is 0.139. The topological polar surface area (TPSA) is 73.2 Å². The van der Waals surface area contributed by atoms with Gasteiger partial charge in [-0.2, -0.15) is 5.10 Å². The van der Waals surface area contributed by atoms with Crippen molar-refractivity contribution in [2.24, 2.45) is 0 Å². The Kier molecular flexibility index (Phi) is 5.80. The molecule has 3 aromatic rings. The Labute approximate surface area is 168 Å². The van der Waals surface area contributed by atoms with Crippen molar-refractivity contribution in [3.8, 4) is 5.69 Å². The first kappa shape index (κ1) is 19.6. The molecule has 1 amide bonds. The zero-order valence-corrected chi connectivity index (χ0v) is 16.5. The van der Waals surface area contributed by atoms with Crippen LogP contribution in [0.4, 0.5) is 5.69 Å². The molecule has 144 valence electrons. The van der Waals surface area contributed by atoms with Crippen molar-refractivity contribution >= 4 is 29.2 Å². The van der Waals surface area contributed by atoms with Gasteiger partial charge in [0.05, 0.1) is 11.4 Å². The van der Waals surface area contributed by atoms with Gasteiger partial charge in [0, 0.05) is 5.69 Å². The summed E-state index contributed by atoms with van der Waals surface area (Å²) in [7, 11) is 0. The Hall–Kier alpha value is -3.12. The molecule has 1 atom stereocenters. The van der Waals surface area contributed by atoms with E-state index in [9.17, 15) is 9.59 Å². The van der Waals surface area contributed by atoms with Crippen molar-refractivity contribution in [1.82, 2.24) is 9.78 Å². The Bertz CT molecular complexity index is 998. The molecule has 0 radical (unpaired) electrons. The largest absolute Gasteiger partial charge is 0.449 e. The van der Waals surface area contributed by atoms with Gasteiger partial charge in [0.15, 0.2) is 6.10 Å². The van der Waals surface area contributed by atoms with Gasteiger partial charge < -0.3 is 10.1 Å². The smallest absolute Gasteiger partial charge is 0.344 e. The Morgan fingerprint density at radius 1 is 1.07 bits per heavy atom. The van der Waals surface area contributed by atoms with Gasteiger partial charge in [-0.25, -0.2) is 9.48 Å². The third-order valence-corrected chi connectivity index (χ3v) is 4.53. The van der Waals surface area contributed by atoms with Gasteiger partial charge in [-0.15, -0.1) is 0 Å². The number of hydrogen-bond acceptors (Lipinski definition) is 4. The van der Waals surface area contributed by atoms with Crippen molar-refractivity contribution in [3.05, 3.63) is 76.6 Å². The summed E-state index contributed by atoms with van der Waals surface area (Å²) in [6, 6.07) is 16.5. The van der Waals surface area contributed by atoms with Crippen LogP contribution in [-0.2, 0) is 9.53 Å².